The molecule has 0 unspecified atom stereocenters. The highest BCUT2D eigenvalue weighted by Crippen LogP contribution is 2.32. The van der Waals surface area contributed by atoms with E-state index in [1.165, 1.54) is 23.7 Å². The van der Waals surface area contributed by atoms with E-state index in [0.29, 0.717) is 0 Å². The van der Waals surface area contributed by atoms with Gasteiger partial charge in [-0.2, -0.15) is 0 Å². The molecular weight excluding hydrogens is 300 g/mol. The zero-order chi connectivity index (χ0) is 17.3. The molecule has 0 fully saturated rings. The van der Waals surface area contributed by atoms with E-state index in [-0.39, 0.29) is 5.91 Å². The molecule has 1 heterocycles. The minimum Gasteiger partial charge on any atom is -0.386 e. The van der Waals surface area contributed by atoms with Gasteiger partial charge in [-0.15, -0.1) is 0 Å². The van der Waals surface area contributed by atoms with Crippen LogP contribution < -0.4 is 10.2 Å². The molecule has 0 aliphatic carbocycles. The maximum Gasteiger partial charge on any atom is 0.221 e. The molecule has 3 rings (SSSR count). The minimum absolute atomic E-state index is 0.0447. The molecule has 4 nitrogen and oxygen atoms in total. The van der Waals surface area contributed by atoms with Gasteiger partial charge in [-0.1, -0.05) is 24.3 Å². The van der Waals surface area contributed by atoms with Crippen molar-refractivity contribution in [2.45, 2.75) is 39.3 Å². The number of benzene rings is 2. The maximum atomic E-state index is 11.2. The zero-order valence-electron chi connectivity index (χ0n) is 14.5. The first-order valence-electron chi connectivity index (χ1n) is 8.30. The molecule has 1 amide bonds. The molecule has 1 aliphatic rings. The third-order valence-corrected chi connectivity index (χ3v) is 4.43. The second-order valence-electron chi connectivity index (χ2n) is 6.95. The van der Waals surface area contributed by atoms with Gasteiger partial charge >= 0.3 is 0 Å². The SMILES string of the molecule is CC(=O)Nc1ccc2c(c1)CCN2Cc1ccc(C(C)(C)O)cc1. The van der Waals surface area contributed by atoms with E-state index in [1.54, 1.807) is 13.8 Å². The molecule has 0 spiro atoms. The maximum absolute atomic E-state index is 11.2. The third-order valence-electron chi connectivity index (χ3n) is 4.43. The van der Waals surface area contributed by atoms with Crippen molar-refractivity contribution in [3.05, 3.63) is 59.2 Å². The molecule has 2 aromatic rings. The summed E-state index contributed by atoms with van der Waals surface area (Å²) in [5, 5.41) is 12.9. The number of fused-ring (bicyclic) bond motifs is 1. The predicted molar refractivity (Wildman–Crippen MR) is 97.2 cm³/mol. The number of anilines is 2. The van der Waals surface area contributed by atoms with Crippen LogP contribution in [0.1, 0.15) is 37.5 Å². The Balaban J connectivity index is 1.74. The summed E-state index contributed by atoms with van der Waals surface area (Å²) in [6, 6.07) is 14.2. The van der Waals surface area contributed by atoms with Gasteiger partial charge in [0.1, 0.15) is 0 Å². The highest BCUT2D eigenvalue weighted by atomic mass is 16.3. The summed E-state index contributed by atoms with van der Waals surface area (Å²) >= 11 is 0. The van der Waals surface area contributed by atoms with Crippen molar-refractivity contribution < 1.29 is 9.90 Å². The monoisotopic (exact) mass is 324 g/mol. The smallest absolute Gasteiger partial charge is 0.221 e. The fraction of sp³-hybridized carbons (Fsp3) is 0.350. The Morgan fingerprint density at radius 1 is 1.21 bits per heavy atom. The minimum atomic E-state index is -0.807. The molecule has 2 aromatic carbocycles. The fourth-order valence-corrected chi connectivity index (χ4v) is 3.15. The predicted octanol–water partition coefficient (Wildman–Crippen LogP) is 3.44. The average molecular weight is 324 g/mol. The zero-order valence-corrected chi connectivity index (χ0v) is 14.5. The molecule has 4 heteroatoms. The van der Waals surface area contributed by atoms with E-state index in [0.717, 1.165) is 30.8 Å². The Morgan fingerprint density at radius 2 is 1.92 bits per heavy atom. The molecule has 1 aliphatic heterocycles. The Morgan fingerprint density at radius 3 is 2.54 bits per heavy atom. The van der Waals surface area contributed by atoms with Crippen LogP contribution in [0, 0.1) is 0 Å². The lowest BCUT2D eigenvalue weighted by Crippen LogP contribution is -2.20. The summed E-state index contributed by atoms with van der Waals surface area (Å²) in [6.07, 6.45) is 0.991. The highest BCUT2D eigenvalue weighted by molar-refractivity contribution is 5.89. The lowest BCUT2D eigenvalue weighted by Gasteiger charge is -2.21. The molecule has 2 N–H and O–H groups in total. The van der Waals surface area contributed by atoms with Crippen LogP contribution in [0.15, 0.2) is 42.5 Å². The van der Waals surface area contributed by atoms with Crippen molar-refractivity contribution in [2.24, 2.45) is 0 Å². The van der Waals surface area contributed by atoms with Gasteiger partial charge in [0.05, 0.1) is 5.60 Å². The topological polar surface area (TPSA) is 52.6 Å². The van der Waals surface area contributed by atoms with Gasteiger partial charge in [0.2, 0.25) is 5.91 Å². The summed E-state index contributed by atoms with van der Waals surface area (Å²) < 4.78 is 0. The van der Waals surface area contributed by atoms with Gasteiger partial charge in [0.15, 0.2) is 0 Å². The molecule has 0 saturated heterocycles. The first-order valence-corrected chi connectivity index (χ1v) is 8.30. The summed E-state index contributed by atoms with van der Waals surface area (Å²) in [7, 11) is 0. The van der Waals surface area contributed by atoms with E-state index in [1.807, 2.05) is 18.2 Å². The number of amides is 1. The van der Waals surface area contributed by atoms with Gasteiger partial charge in [-0.05, 0) is 55.2 Å². The molecule has 126 valence electrons. The number of carbonyl (C=O) groups excluding carboxylic acids is 1. The van der Waals surface area contributed by atoms with E-state index >= 15 is 0 Å². The van der Waals surface area contributed by atoms with E-state index in [9.17, 15) is 9.90 Å². The van der Waals surface area contributed by atoms with Gasteiger partial charge in [-0.25, -0.2) is 0 Å². The second kappa shape index (κ2) is 6.29. The fourth-order valence-electron chi connectivity index (χ4n) is 3.15. The van der Waals surface area contributed by atoms with Crippen molar-refractivity contribution >= 4 is 17.3 Å². The molecule has 0 bridgehead atoms. The number of hydrogen-bond acceptors (Lipinski definition) is 3. The Bertz CT molecular complexity index is 745. The first kappa shape index (κ1) is 16.5. The Kier molecular flexibility index (Phi) is 4.33. The van der Waals surface area contributed by atoms with E-state index in [2.05, 4.69) is 34.5 Å². The van der Waals surface area contributed by atoms with Crippen LogP contribution in [0.4, 0.5) is 11.4 Å². The number of carbonyl (C=O) groups is 1. The van der Waals surface area contributed by atoms with Crippen molar-refractivity contribution in [1.82, 2.24) is 0 Å². The van der Waals surface area contributed by atoms with Crippen LogP contribution in [-0.2, 0) is 23.4 Å². The lowest BCUT2D eigenvalue weighted by molar-refractivity contribution is -0.114. The van der Waals surface area contributed by atoms with Crippen LogP contribution in [0.3, 0.4) is 0 Å². The number of aliphatic hydroxyl groups is 1. The molecule has 0 aromatic heterocycles. The number of nitrogens with zero attached hydrogens (tertiary/aromatic N) is 1. The second-order valence-corrected chi connectivity index (χ2v) is 6.95. The molecule has 0 atom stereocenters. The number of rotatable bonds is 4. The van der Waals surface area contributed by atoms with Gasteiger partial charge in [0, 0.05) is 31.4 Å². The van der Waals surface area contributed by atoms with Gasteiger partial charge in [-0.3, -0.25) is 4.79 Å². The summed E-state index contributed by atoms with van der Waals surface area (Å²) in [4.78, 5) is 13.5. The normalized spacial score (nSPS) is 13.8. The molecule has 24 heavy (non-hydrogen) atoms. The van der Waals surface area contributed by atoms with Gasteiger partial charge in [0.25, 0.3) is 0 Å². The summed E-state index contributed by atoms with van der Waals surface area (Å²) in [5.74, 6) is -0.0447. The average Bonchev–Trinajstić information content (AvgIpc) is 2.88. The third kappa shape index (κ3) is 3.60. The standard InChI is InChI=1S/C20H24N2O2/c1-14(23)21-18-8-9-19-16(12-18)10-11-22(19)13-15-4-6-17(7-5-15)20(2,3)24/h4-9,12,24H,10-11,13H2,1-3H3,(H,21,23). The van der Waals surface area contributed by atoms with Crippen LogP contribution in [0.2, 0.25) is 0 Å². The van der Waals surface area contributed by atoms with Crippen LogP contribution in [0.5, 0.6) is 0 Å². The molecular formula is C20H24N2O2. The summed E-state index contributed by atoms with van der Waals surface area (Å²) in [5.41, 5.74) is 4.70. The van der Waals surface area contributed by atoms with Crippen molar-refractivity contribution in [1.29, 1.82) is 0 Å². The highest BCUT2D eigenvalue weighted by Gasteiger charge is 2.20. The van der Waals surface area contributed by atoms with E-state index < -0.39 is 5.60 Å². The van der Waals surface area contributed by atoms with E-state index in [4.69, 9.17) is 0 Å². The van der Waals surface area contributed by atoms with Crippen LogP contribution in [0.25, 0.3) is 0 Å². The quantitative estimate of drug-likeness (QED) is 0.906. The largest absolute Gasteiger partial charge is 0.386 e. The lowest BCUT2D eigenvalue weighted by atomic mass is 9.97. The Hall–Kier alpha value is -2.33. The van der Waals surface area contributed by atoms with Crippen molar-refractivity contribution in [3.8, 4) is 0 Å². The summed E-state index contributed by atoms with van der Waals surface area (Å²) in [6.45, 7) is 6.94. The molecule has 0 saturated carbocycles. The van der Waals surface area contributed by atoms with Crippen molar-refractivity contribution in [2.75, 3.05) is 16.8 Å². The first-order chi connectivity index (χ1) is 11.3. The van der Waals surface area contributed by atoms with Gasteiger partial charge < -0.3 is 15.3 Å². The Labute approximate surface area is 143 Å². The van der Waals surface area contributed by atoms with Crippen molar-refractivity contribution in [3.63, 3.8) is 0 Å². The number of nitrogens with one attached hydrogen (secondary N) is 1. The molecule has 0 radical (unpaired) electrons. The number of hydrogen-bond donors (Lipinski definition) is 2. The van der Waals surface area contributed by atoms with Crippen LogP contribution >= 0.6 is 0 Å². The van der Waals surface area contributed by atoms with Crippen LogP contribution in [-0.4, -0.2) is 17.6 Å².